The van der Waals surface area contributed by atoms with E-state index < -0.39 is 0 Å². The minimum absolute atomic E-state index is 0.843. The molecule has 0 aliphatic carbocycles. The molecule has 120 valence electrons. The number of aromatic nitrogens is 3. The highest BCUT2D eigenvalue weighted by Crippen LogP contribution is 2.35. The molecular weight excluding hydrogens is 316 g/mol. The Hall–Kier alpha value is -2.66. The summed E-state index contributed by atoms with van der Waals surface area (Å²) in [5, 5.41) is 5.73. The van der Waals surface area contributed by atoms with Crippen LogP contribution in [0.4, 0.5) is 11.5 Å². The Bertz CT molecular complexity index is 986. The fourth-order valence-electron chi connectivity index (χ4n) is 2.93. The predicted octanol–water partition coefficient (Wildman–Crippen LogP) is 5.07. The van der Waals surface area contributed by atoms with Crippen LogP contribution in [0.3, 0.4) is 0 Å². The smallest absolute Gasteiger partial charge is 0.157 e. The molecular formula is C19H18N4S. The van der Waals surface area contributed by atoms with Crippen LogP contribution < -0.4 is 5.32 Å². The van der Waals surface area contributed by atoms with E-state index in [0.717, 1.165) is 34.1 Å². The van der Waals surface area contributed by atoms with Crippen molar-refractivity contribution in [2.45, 2.75) is 20.3 Å². The lowest BCUT2D eigenvalue weighted by Gasteiger charge is -2.14. The zero-order valence-electron chi connectivity index (χ0n) is 13.7. The first-order valence-corrected chi connectivity index (χ1v) is 8.87. The number of benzene rings is 1. The van der Waals surface area contributed by atoms with Gasteiger partial charge in [-0.1, -0.05) is 31.2 Å². The second-order valence-electron chi connectivity index (χ2n) is 5.68. The molecule has 0 atom stereocenters. The summed E-state index contributed by atoms with van der Waals surface area (Å²) in [6.45, 7) is 4.32. The molecule has 0 amide bonds. The largest absolute Gasteiger partial charge is 0.339 e. The number of imidazole rings is 1. The maximum Gasteiger partial charge on any atom is 0.157 e. The monoisotopic (exact) mass is 334 g/mol. The average Bonchev–Trinajstić information content (AvgIpc) is 3.24. The van der Waals surface area contributed by atoms with Gasteiger partial charge in [-0.15, -0.1) is 11.3 Å². The predicted molar refractivity (Wildman–Crippen MR) is 100 cm³/mol. The minimum Gasteiger partial charge on any atom is -0.339 e. The molecule has 0 bridgehead atoms. The number of aryl methyl sites for hydroxylation is 2. The van der Waals surface area contributed by atoms with Crippen LogP contribution in [-0.2, 0) is 6.42 Å². The Kier molecular flexibility index (Phi) is 3.78. The van der Waals surface area contributed by atoms with Crippen molar-refractivity contribution >= 4 is 28.5 Å². The second kappa shape index (κ2) is 6.09. The van der Waals surface area contributed by atoms with Crippen LogP contribution >= 0.6 is 11.3 Å². The van der Waals surface area contributed by atoms with Crippen molar-refractivity contribution in [1.82, 2.24) is 14.4 Å². The van der Waals surface area contributed by atoms with Gasteiger partial charge in [-0.3, -0.25) is 9.38 Å². The molecule has 24 heavy (non-hydrogen) atoms. The molecule has 5 heteroatoms. The van der Waals surface area contributed by atoms with Gasteiger partial charge in [0, 0.05) is 18.1 Å². The van der Waals surface area contributed by atoms with Gasteiger partial charge < -0.3 is 5.32 Å². The number of para-hydroxylation sites is 1. The van der Waals surface area contributed by atoms with E-state index in [1.54, 1.807) is 23.7 Å². The summed E-state index contributed by atoms with van der Waals surface area (Å²) in [4.78, 5) is 10.1. The van der Waals surface area contributed by atoms with Crippen LogP contribution in [0.15, 0.2) is 54.3 Å². The SMILES string of the molecule is CCc1cccc(C)c1Nc1c(-c2cccs2)nc2cnccn12. The molecule has 3 heterocycles. The summed E-state index contributed by atoms with van der Waals surface area (Å²) < 4.78 is 2.06. The van der Waals surface area contributed by atoms with E-state index in [1.165, 1.54) is 11.1 Å². The molecule has 0 fully saturated rings. The maximum absolute atomic E-state index is 4.78. The van der Waals surface area contributed by atoms with Gasteiger partial charge in [-0.2, -0.15) is 0 Å². The van der Waals surface area contributed by atoms with Crippen molar-refractivity contribution in [3.63, 3.8) is 0 Å². The van der Waals surface area contributed by atoms with E-state index in [0.29, 0.717) is 0 Å². The highest BCUT2D eigenvalue weighted by molar-refractivity contribution is 7.13. The summed E-state index contributed by atoms with van der Waals surface area (Å²) >= 11 is 1.69. The third kappa shape index (κ3) is 2.47. The Labute approximate surface area is 144 Å². The maximum atomic E-state index is 4.78. The quantitative estimate of drug-likeness (QED) is 0.566. The van der Waals surface area contributed by atoms with Gasteiger partial charge in [-0.25, -0.2) is 4.98 Å². The van der Waals surface area contributed by atoms with E-state index in [-0.39, 0.29) is 0 Å². The molecule has 4 nitrogen and oxygen atoms in total. The lowest BCUT2D eigenvalue weighted by molar-refractivity contribution is 1.11. The molecule has 3 aromatic heterocycles. The Balaban J connectivity index is 1.92. The van der Waals surface area contributed by atoms with Gasteiger partial charge in [-0.05, 0) is 35.9 Å². The van der Waals surface area contributed by atoms with Crippen LogP contribution in [0.25, 0.3) is 16.2 Å². The number of nitrogens with one attached hydrogen (secondary N) is 1. The van der Waals surface area contributed by atoms with E-state index in [4.69, 9.17) is 4.98 Å². The summed E-state index contributed by atoms with van der Waals surface area (Å²) in [6.07, 6.45) is 6.51. The number of nitrogens with zero attached hydrogens (tertiary/aromatic N) is 3. The number of hydrogen-bond acceptors (Lipinski definition) is 4. The Morgan fingerprint density at radius 2 is 2.12 bits per heavy atom. The second-order valence-corrected chi connectivity index (χ2v) is 6.63. The van der Waals surface area contributed by atoms with Crippen LogP contribution in [0.5, 0.6) is 0 Å². The van der Waals surface area contributed by atoms with Gasteiger partial charge in [0.1, 0.15) is 11.5 Å². The molecule has 0 saturated carbocycles. The molecule has 0 saturated heterocycles. The van der Waals surface area contributed by atoms with Crippen molar-refractivity contribution in [3.8, 4) is 10.6 Å². The van der Waals surface area contributed by atoms with Crippen molar-refractivity contribution in [2.24, 2.45) is 0 Å². The Morgan fingerprint density at radius 3 is 2.92 bits per heavy atom. The number of fused-ring (bicyclic) bond motifs is 1. The van der Waals surface area contributed by atoms with E-state index in [9.17, 15) is 0 Å². The summed E-state index contributed by atoms with van der Waals surface area (Å²) in [6, 6.07) is 10.6. The highest BCUT2D eigenvalue weighted by atomic mass is 32.1. The van der Waals surface area contributed by atoms with Gasteiger partial charge in [0.2, 0.25) is 0 Å². The normalized spacial score (nSPS) is 11.1. The topological polar surface area (TPSA) is 42.2 Å². The summed E-state index contributed by atoms with van der Waals surface area (Å²) in [5.74, 6) is 0.985. The number of hydrogen-bond donors (Lipinski definition) is 1. The van der Waals surface area contributed by atoms with Crippen molar-refractivity contribution in [1.29, 1.82) is 0 Å². The summed E-state index contributed by atoms with van der Waals surface area (Å²) in [7, 11) is 0. The van der Waals surface area contributed by atoms with Gasteiger partial charge in [0.15, 0.2) is 5.65 Å². The van der Waals surface area contributed by atoms with E-state index in [2.05, 4.69) is 64.3 Å². The fraction of sp³-hybridized carbons (Fsp3) is 0.158. The third-order valence-corrected chi connectivity index (χ3v) is 5.04. The van der Waals surface area contributed by atoms with Crippen LogP contribution in [0, 0.1) is 6.92 Å². The number of thiophene rings is 1. The Morgan fingerprint density at radius 1 is 1.21 bits per heavy atom. The average molecular weight is 334 g/mol. The van der Waals surface area contributed by atoms with Crippen molar-refractivity contribution < 1.29 is 0 Å². The molecule has 4 aromatic rings. The number of rotatable bonds is 4. The highest BCUT2D eigenvalue weighted by Gasteiger charge is 2.16. The van der Waals surface area contributed by atoms with E-state index in [1.807, 2.05) is 6.20 Å². The van der Waals surface area contributed by atoms with Crippen LogP contribution in [0.2, 0.25) is 0 Å². The first-order valence-electron chi connectivity index (χ1n) is 7.99. The molecule has 0 spiro atoms. The van der Waals surface area contributed by atoms with Crippen LogP contribution in [-0.4, -0.2) is 14.4 Å². The van der Waals surface area contributed by atoms with Crippen molar-refractivity contribution in [2.75, 3.05) is 5.32 Å². The molecule has 0 unspecified atom stereocenters. The zero-order chi connectivity index (χ0) is 16.5. The first kappa shape index (κ1) is 14.9. The lowest BCUT2D eigenvalue weighted by atomic mass is 10.1. The van der Waals surface area contributed by atoms with Gasteiger partial charge in [0.05, 0.1) is 11.1 Å². The molecule has 0 aliphatic heterocycles. The van der Waals surface area contributed by atoms with E-state index >= 15 is 0 Å². The van der Waals surface area contributed by atoms with Gasteiger partial charge >= 0.3 is 0 Å². The van der Waals surface area contributed by atoms with Crippen molar-refractivity contribution in [3.05, 3.63) is 65.4 Å². The molecule has 1 N–H and O–H groups in total. The number of anilines is 2. The third-order valence-electron chi connectivity index (χ3n) is 4.17. The zero-order valence-corrected chi connectivity index (χ0v) is 14.5. The fourth-order valence-corrected chi connectivity index (χ4v) is 3.65. The molecule has 0 radical (unpaired) electrons. The molecule has 1 aromatic carbocycles. The van der Waals surface area contributed by atoms with Crippen LogP contribution in [0.1, 0.15) is 18.1 Å². The standard InChI is InChI=1S/C19H18N4S/c1-3-14-7-4-6-13(2)17(14)22-19-18(15-8-5-11-24-15)21-16-12-20-9-10-23(16)19/h4-12,22H,3H2,1-2H3. The van der Waals surface area contributed by atoms with Gasteiger partial charge in [0.25, 0.3) is 0 Å². The lowest BCUT2D eigenvalue weighted by Crippen LogP contribution is -2.01. The molecule has 0 aliphatic rings. The first-order chi connectivity index (χ1) is 11.8. The summed E-state index contributed by atoms with van der Waals surface area (Å²) in [5.41, 5.74) is 5.50. The minimum atomic E-state index is 0.843. The molecule has 4 rings (SSSR count).